The summed E-state index contributed by atoms with van der Waals surface area (Å²) in [6.45, 7) is 0. The normalized spacial score (nSPS) is 20.2. The second-order valence-electron chi connectivity index (χ2n) is 6.34. The summed E-state index contributed by atoms with van der Waals surface area (Å²) >= 11 is 0. The highest BCUT2D eigenvalue weighted by Gasteiger charge is 2.40. The predicted octanol–water partition coefficient (Wildman–Crippen LogP) is 1.45. The monoisotopic (exact) mass is 279 g/mol. The molecule has 1 atom stereocenters. The van der Waals surface area contributed by atoms with Crippen molar-refractivity contribution in [1.29, 1.82) is 0 Å². The predicted molar refractivity (Wildman–Crippen MR) is 82.1 cm³/mol. The molecule has 0 aromatic carbocycles. The first-order valence-corrected chi connectivity index (χ1v) is 7.69. The van der Waals surface area contributed by atoms with Gasteiger partial charge >= 0.3 is 0 Å². The van der Waals surface area contributed by atoms with Crippen LogP contribution in [0.2, 0.25) is 0 Å². The molecule has 5 heteroatoms. The number of likely N-dealkylation sites (N-methyl/N-ethyl adjacent to an activating group) is 1. The lowest BCUT2D eigenvalue weighted by Gasteiger charge is -2.48. The van der Waals surface area contributed by atoms with E-state index in [1.54, 1.807) is 0 Å². The zero-order chi connectivity index (χ0) is 14.6. The summed E-state index contributed by atoms with van der Waals surface area (Å²) in [4.78, 5) is 2.39. The van der Waals surface area contributed by atoms with Gasteiger partial charge in [-0.1, -0.05) is 19.3 Å². The van der Waals surface area contributed by atoms with Crippen LogP contribution in [0.4, 0.5) is 0 Å². The van der Waals surface area contributed by atoms with E-state index in [1.807, 2.05) is 17.9 Å². The molecule has 0 amide bonds. The van der Waals surface area contributed by atoms with Crippen molar-refractivity contribution in [3.05, 3.63) is 18.0 Å². The van der Waals surface area contributed by atoms with E-state index < -0.39 is 0 Å². The lowest BCUT2D eigenvalue weighted by Crippen LogP contribution is -2.61. The maximum absolute atomic E-state index is 5.90. The Labute approximate surface area is 122 Å². The number of hydrogen-bond donors (Lipinski definition) is 2. The number of hydrazine groups is 1. The number of aromatic nitrogens is 2. The second kappa shape index (κ2) is 6.70. The van der Waals surface area contributed by atoms with Gasteiger partial charge in [0.25, 0.3) is 0 Å². The van der Waals surface area contributed by atoms with Gasteiger partial charge in [0.2, 0.25) is 0 Å². The summed E-state index contributed by atoms with van der Waals surface area (Å²) in [7, 11) is 6.35. The van der Waals surface area contributed by atoms with Crippen molar-refractivity contribution in [1.82, 2.24) is 20.1 Å². The molecule has 1 saturated carbocycles. The van der Waals surface area contributed by atoms with Gasteiger partial charge in [0.1, 0.15) is 0 Å². The van der Waals surface area contributed by atoms with Crippen LogP contribution in [0.3, 0.4) is 0 Å². The third kappa shape index (κ3) is 3.22. The molecule has 1 aromatic heterocycles. The molecule has 114 valence electrons. The number of hydrogen-bond acceptors (Lipinski definition) is 4. The van der Waals surface area contributed by atoms with Crippen LogP contribution >= 0.6 is 0 Å². The van der Waals surface area contributed by atoms with Gasteiger partial charge in [0.15, 0.2) is 0 Å². The minimum Gasteiger partial charge on any atom is -0.302 e. The summed E-state index contributed by atoms with van der Waals surface area (Å²) in [5, 5.41) is 4.24. The van der Waals surface area contributed by atoms with Crippen molar-refractivity contribution in [2.24, 2.45) is 12.9 Å². The molecular formula is C15H29N5. The average molecular weight is 279 g/mol. The molecule has 20 heavy (non-hydrogen) atoms. The minimum absolute atomic E-state index is 0.204. The van der Waals surface area contributed by atoms with E-state index in [4.69, 9.17) is 5.84 Å². The van der Waals surface area contributed by atoms with E-state index in [0.717, 1.165) is 12.8 Å². The topological polar surface area (TPSA) is 59.1 Å². The first kappa shape index (κ1) is 15.5. The van der Waals surface area contributed by atoms with Gasteiger partial charge < -0.3 is 4.90 Å². The van der Waals surface area contributed by atoms with Crippen molar-refractivity contribution in [2.75, 3.05) is 14.1 Å². The molecule has 0 radical (unpaired) electrons. The number of rotatable bonds is 6. The molecule has 1 aromatic rings. The molecular weight excluding hydrogens is 250 g/mol. The summed E-state index contributed by atoms with van der Waals surface area (Å²) in [5.74, 6) is 5.90. The SMILES string of the molecule is CN(C)C1(C(CCc2cnn(C)c2)NN)CCCCC1. The van der Waals surface area contributed by atoms with E-state index in [-0.39, 0.29) is 5.54 Å². The van der Waals surface area contributed by atoms with Crippen LogP contribution < -0.4 is 11.3 Å². The number of nitrogens with two attached hydrogens (primary N) is 1. The standard InChI is InChI=1S/C15H29N5/c1-19(2)15(9-5-4-6-10-15)14(18-16)8-7-13-11-17-20(3)12-13/h11-12,14,18H,4-10,16H2,1-3H3. The summed E-state index contributed by atoms with van der Waals surface area (Å²) in [5.41, 5.74) is 4.60. The Morgan fingerprint density at radius 2 is 2.10 bits per heavy atom. The van der Waals surface area contributed by atoms with Gasteiger partial charge in [0, 0.05) is 24.8 Å². The highest BCUT2D eigenvalue weighted by atomic mass is 15.3. The van der Waals surface area contributed by atoms with E-state index in [1.165, 1.54) is 37.7 Å². The Morgan fingerprint density at radius 1 is 1.40 bits per heavy atom. The molecule has 1 unspecified atom stereocenters. The fraction of sp³-hybridized carbons (Fsp3) is 0.800. The first-order chi connectivity index (χ1) is 9.58. The Balaban J connectivity index is 2.04. The van der Waals surface area contributed by atoms with Crippen LogP contribution in [0.25, 0.3) is 0 Å². The Morgan fingerprint density at radius 3 is 2.60 bits per heavy atom. The van der Waals surface area contributed by atoms with Crippen molar-refractivity contribution in [3.8, 4) is 0 Å². The van der Waals surface area contributed by atoms with Gasteiger partial charge in [-0.05, 0) is 45.3 Å². The Bertz CT molecular complexity index is 406. The van der Waals surface area contributed by atoms with Gasteiger partial charge in [-0.2, -0.15) is 5.10 Å². The quantitative estimate of drug-likeness (QED) is 0.611. The molecule has 2 rings (SSSR count). The van der Waals surface area contributed by atoms with Crippen molar-refractivity contribution >= 4 is 0 Å². The lowest BCUT2D eigenvalue weighted by atomic mass is 9.74. The molecule has 1 heterocycles. The molecule has 1 fully saturated rings. The summed E-state index contributed by atoms with van der Waals surface area (Å²) < 4.78 is 1.86. The largest absolute Gasteiger partial charge is 0.302 e. The van der Waals surface area contributed by atoms with Gasteiger partial charge in [0.05, 0.1) is 6.20 Å². The maximum atomic E-state index is 5.90. The average Bonchev–Trinajstić information content (AvgIpc) is 2.86. The lowest BCUT2D eigenvalue weighted by molar-refractivity contribution is 0.0536. The third-order valence-corrected chi connectivity index (χ3v) is 4.94. The van der Waals surface area contributed by atoms with Crippen LogP contribution in [0.1, 0.15) is 44.1 Å². The van der Waals surface area contributed by atoms with Crippen LogP contribution in [0.5, 0.6) is 0 Å². The zero-order valence-electron chi connectivity index (χ0n) is 13.1. The smallest absolute Gasteiger partial charge is 0.0521 e. The Hall–Kier alpha value is -0.910. The van der Waals surface area contributed by atoms with Crippen molar-refractivity contribution in [3.63, 3.8) is 0 Å². The van der Waals surface area contributed by atoms with Gasteiger partial charge in [-0.3, -0.25) is 16.0 Å². The van der Waals surface area contributed by atoms with Crippen LogP contribution in [-0.2, 0) is 13.5 Å². The highest BCUT2D eigenvalue weighted by molar-refractivity contribution is 5.07. The summed E-state index contributed by atoms with van der Waals surface area (Å²) in [6.07, 6.45) is 12.6. The fourth-order valence-electron chi connectivity index (χ4n) is 3.69. The highest BCUT2D eigenvalue weighted by Crippen LogP contribution is 2.36. The van der Waals surface area contributed by atoms with Crippen molar-refractivity contribution < 1.29 is 0 Å². The van der Waals surface area contributed by atoms with Gasteiger partial charge in [-0.15, -0.1) is 0 Å². The van der Waals surface area contributed by atoms with E-state index in [0.29, 0.717) is 6.04 Å². The molecule has 0 saturated heterocycles. The number of nitrogens with one attached hydrogen (secondary N) is 1. The molecule has 1 aliphatic rings. The minimum atomic E-state index is 0.204. The molecule has 0 bridgehead atoms. The van der Waals surface area contributed by atoms with Crippen LogP contribution in [-0.4, -0.2) is 40.4 Å². The van der Waals surface area contributed by atoms with Crippen LogP contribution in [0, 0.1) is 0 Å². The van der Waals surface area contributed by atoms with E-state index in [9.17, 15) is 0 Å². The molecule has 0 spiro atoms. The Kier molecular flexibility index (Phi) is 5.18. The fourth-order valence-corrected chi connectivity index (χ4v) is 3.69. The molecule has 3 N–H and O–H groups in total. The molecule has 0 aliphatic heterocycles. The first-order valence-electron chi connectivity index (χ1n) is 7.69. The second-order valence-corrected chi connectivity index (χ2v) is 6.34. The zero-order valence-corrected chi connectivity index (χ0v) is 13.1. The van der Waals surface area contributed by atoms with Crippen molar-refractivity contribution in [2.45, 2.75) is 56.5 Å². The van der Waals surface area contributed by atoms with Crippen LogP contribution in [0.15, 0.2) is 12.4 Å². The maximum Gasteiger partial charge on any atom is 0.0521 e. The van der Waals surface area contributed by atoms with E-state index in [2.05, 4.69) is 35.7 Å². The summed E-state index contributed by atoms with van der Waals surface area (Å²) in [6, 6.07) is 0.331. The molecule has 1 aliphatic carbocycles. The number of aryl methyl sites for hydroxylation is 2. The third-order valence-electron chi connectivity index (χ3n) is 4.94. The number of nitrogens with zero attached hydrogens (tertiary/aromatic N) is 3. The van der Waals surface area contributed by atoms with E-state index >= 15 is 0 Å². The van der Waals surface area contributed by atoms with Gasteiger partial charge in [-0.25, -0.2) is 0 Å². The molecule has 5 nitrogen and oxygen atoms in total.